The van der Waals surface area contributed by atoms with Crippen molar-refractivity contribution in [3.05, 3.63) is 29.8 Å². The molecule has 0 spiro atoms. The second kappa shape index (κ2) is 5.91. The third-order valence-corrected chi connectivity index (χ3v) is 6.57. The van der Waals surface area contributed by atoms with Crippen molar-refractivity contribution in [2.45, 2.75) is 30.6 Å². The molecule has 0 N–H and O–H groups in total. The molecule has 0 aliphatic carbocycles. The Morgan fingerprint density at radius 2 is 1.74 bits per heavy atom. The molecule has 0 atom stereocenters. The Bertz CT molecular complexity index is 715. The van der Waals surface area contributed by atoms with Crippen LogP contribution in [-0.4, -0.2) is 56.8 Å². The second-order valence-electron chi connectivity index (χ2n) is 6.82. The van der Waals surface area contributed by atoms with Gasteiger partial charge in [0.15, 0.2) is 5.84 Å². The van der Waals surface area contributed by atoms with E-state index in [9.17, 15) is 8.42 Å². The van der Waals surface area contributed by atoms with Gasteiger partial charge in [0.1, 0.15) is 4.90 Å². The van der Waals surface area contributed by atoms with E-state index in [-0.39, 0.29) is 0 Å². The van der Waals surface area contributed by atoms with Crippen molar-refractivity contribution in [1.82, 2.24) is 9.80 Å². The van der Waals surface area contributed by atoms with E-state index >= 15 is 0 Å². The van der Waals surface area contributed by atoms with Crippen LogP contribution in [0.15, 0.2) is 33.6 Å². The molecule has 3 aliphatic heterocycles. The lowest BCUT2D eigenvalue weighted by Gasteiger charge is -2.34. The minimum absolute atomic E-state index is 0.356. The maximum atomic E-state index is 12.2. The summed E-state index contributed by atoms with van der Waals surface area (Å²) in [6.07, 6.45) is 4.92. The fourth-order valence-corrected chi connectivity index (χ4v) is 5.20. The summed E-state index contributed by atoms with van der Waals surface area (Å²) in [6, 6.07) is 7.17. The number of piperidine rings is 1. The van der Waals surface area contributed by atoms with E-state index in [4.69, 9.17) is 0 Å². The van der Waals surface area contributed by atoms with Crippen LogP contribution in [0.3, 0.4) is 0 Å². The van der Waals surface area contributed by atoms with Crippen LogP contribution < -0.4 is 0 Å². The molecule has 23 heavy (non-hydrogen) atoms. The average Bonchev–Trinajstić information content (AvgIpc) is 3.15. The third-order valence-electron chi connectivity index (χ3n) is 5.24. The number of amidine groups is 1. The molecule has 1 aromatic rings. The van der Waals surface area contributed by atoms with Gasteiger partial charge in [-0.15, -0.1) is 4.40 Å². The molecule has 124 valence electrons. The van der Waals surface area contributed by atoms with Crippen molar-refractivity contribution in [2.75, 3.05) is 32.7 Å². The van der Waals surface area contributed by atoms with E-state index in [1.54, 1.807) is 12.1 Å². The summed E-state index contributed by atoms with van der Waals surface area (Å²) in [7, 11) is -3.50. The van der Waals surface area contributed by atoms with Gasteiger partial charge in [-0.05, 0) is 56.8 Å². The van der Waals surface area contributed by atoms with Crippen LogP contribution in [0.5, 0.6) is 0 Å². The predicted octanol–water partition coefficient (Wildman–Crippen LogP) is 1.94. The fraction of sp³-hybridized carbons (Fsp3) is 0.588. The highest BCUT2D eigenvalue weighted by Crippen LogP contribution is 2.30. The van der Waals surface area contributed by atoms with Crippen molar-refractivity contribution < 1.29 is 8.42 Å². The Morgan fingerprint density at radius 1 is 1.04 bits per heavy atom. The van der Waals surface area contributed by atoms with Gasteiger partial charge in [-0.1, -0.05) is 12.1 Å². The monoisotopic (exact) mass is 333 g/mol. The zero-order chi connectivity index (χ0) is 15.9. The van der Waals surface area contributed by atoms with E-state index in [0.29, 0.717) is 10.7 Å². The maximum absolute atomic E-state index is 12.2. The molecule has 2 saturated heterocycles. The minimum atomic E-state index is -3.50. The first kappa shape index (κ1) is 15.1. The van der Waals surface area contributed by atoms with Gasteiger partial charge in [0, 0.05) is 25.2 Å². The van der Waals surface area contributed by atoms with Gasteiger partial charge in [0.05, 0.1) is 0 Å². The first-order valence-electron chi connectivity index (χ1n) is 8.55. The van der Waals surface area contributed by atoms with Crippen LogP contribution in [0.1, 0.15) is 31.2 Å². The summed E-state index contributed by atoms with van der Waals surface area (Å²) in [5.41, 5.74) is 0.769. The Kier molecular flexibility index (Phi) is 3.89. The van der Waals surface area contributed by atoms with Gasteiger partial charge in [0.25, 0.3) is 10.0 Å². The quantitative estimate of drug-likeness (QED) is 0.830. The molecule has 5 nitrogen and oxygen atoms in total. The molecule has 0 amide bonds. The molecule has 4 rings (SSSR count). The topological polar surface area (TPSA) is 53.0 Å². The molecular weight excluding hydrogens is 310 g/mol. The molecule has 0 unspecified atom stereocenters. The van der Waals surface area contributed by atoms with Crippen molar-refractivity contribution in [3.63, 3.8) is 0 Å². The Balaban J connectivity index is 1.45. The van der Waals surface area contributed by atoms with E-state index in [2.05, 4.69) is 14.2 Å². The van der Waals surface area contributed by atoms with Crippen LogP contribution in [0, 0.1) is 5.92 Å². The van der Waals surface area contributed by atoms with Crippen molar-refractivity contribution in [1.29, 1.82) is 0 Å². The molecule has 0 saturated carbocycles. The van der Waals surface area contributed by atoms with Crippen molar-refractivity contribution in [3.8, 4) is 0 Å². The van der Waals surface area contributed by atoms with Gasteiger partial charge < -0.3 is 9.80 Å². The highest BCUT2D eigenvalue weighted by molar-refractivity contribution is 7.90. The number of rotatable bonds is 2. The minimum Gasteiger partial charge on any atom is -0.355 e. The molecule has 6 heteroatoms. The Hall–Kier alpha value is -1.40. The number of benzene rings is 1. The third kappa shape index (κ3) is 2.90. The van der Waals surface area contributed by atoms with Crippen LogP contribution in [0.4, 0.5) is 0 Å². The highest BCUT2D eigenvalue weighted by atomic mass is 32.2. The lowest BCUT2D eigenvalue weighted by Crippen LogP contribution is -2.41. The van der Waals surface area contributed by atoms with Gasteiger partial charge in [-0.25, -0.2) is 0 Å². The van der Waals surface area contributed by atoms with Crippen LogP contribution in [0.25, 0.3) is 0 Å². The lowest BCUT2D eigenvalue weighted by molar-refractivity contribution is 0.201. The average molecular weight is 333 g/mol. The van der Waals surface area contributed by atoms with E-state index < -0.39 is 10.0 Å². The number of hydrogen-bond donors (Lipinski definition) is 0. The normalized spacial score (nSPS) is 24.7. The number of hydrogen-bond acceptors (Lipinski definition) is 4. The molecule has 3 aliphatic rings. The SMILES string of the molecule is O=S1(=O)N=C(N2CCC(CN3CCCC3)CC2)c2ccccc21. The largest absolute Gasteiger partial charge is 0.355 e. The van der Waals surface area contributed by atoms with Gasteiger partial charge in [-0.2, -0.15) is 8.42 Å². The van der Waals surface area contributed by atoms with E-state index in [0.717, 1.165) is 37.4 Å². The highest BCUT2D eigenvalue weighted by Gasteiger charge is 2.33. The van der Waals surface area contributed by atoms with Gasteiger partial charge in [-0.3, -0.25) is 0 Å². The molecule has 0 radical (unpaired) electrons. The number of nitrogens with zero attached hydrogens (tertiary/aromatic N) is 3. The van der Waals surface area contributed by atoms with Crippen molar-refractivity contribution >= 4 is 15.9 Å². The molecule has 2 fully saturated rings. The molecule has 3 heterocycles. The summed E-state index contributed by atoms with van der Waals surface area (Å²) in [5, 5.41) is 0. The van der Waals surface area contributed by atoms with E-state index in [1.165, 1.54) is 32.5 Å². The molecule has 0 aromatic heterocycles. The first-order chi connectivity index (χ1) is 11.1. The first-order valence-corrected chi connectivity index (χ1v) is 9.99. The second-order valence-corrected chi connectivity index (χ2v) is 8.40. The van der Waals surface area contributed by atoms with Crippen LogP contribution in [-0.2, 0) is 10.0 Å². The van der Waals surface area contributed by atoms with Gasteiger partial charge >= 0.3 is 0 Å². The summed E-state index contributed by atoms with van der Waals surface area (Å²) in [5.74, 6) is 1.39. The summed E-state index contributed by atoms with van der Waals surface area (Å²) in [4.78, 5) is 5.09. The molecular formula is C17H23N3O2S. The van der Waals surface area contributed by atoms with Crippen LogP contribution >= 0.6 is 0 Å². The zero-order valence-corrected chi connectivity index (χ0v) is 14.1. The van der Waals surface area contributed by atoms with E-state index in [1.807, 2.05) is 12.1 Å². The summed E-state index contributed by atoms with van der Waals surface area (Å²) < 4.78 is 28.4. The van der Waals surface area contributed by atoms with Crippen LogP contribution in [0.2, 0.25) is 0 Å². The summed E-state index contributed by atoms with van der Waals surface area (Å²) in [6.45, 7) is 5.51. The maximum Gasteiger partial charge on any atom is 0.285 e. The lowest BCUT2D eigenvalue weighted by atomic mass is 9.95. The number of sulfonamides is 1. The Morgan fingerprint density at radius 3 is 2.48 bits per heavy atom. The number of likely N-dealkylation sites (tertiary alicyclic amines) is 2. The molecule has 0 bridgehead atoms. The Labute approximate surface area is 138 Å². The smallest absolute Gasteiger partial charge is 0.285 e. The van der Waals surface area contributed by atoms with Gasteiger partial charge in [0.2, 0.25) is 0 Å². The predicted molar refractivity (Wildman–Crippen MR) is 90.1 cm³/mol. The van der Waals surface area contributed by atoms with Crippen molar-refractivity contribution in [2.24, 2.45) is 10.3 Å². The fourth-order valence-electron chi connectivity index (χ4n) is 3.97. The molecule has 1 aromatic carbocycles. The zero-order valence-electron chi connectivity index (χ0n) is 13.3. The number of fused-ring (bicyclic) bond motifs is 1. The summed E-state index contributed by atoms with van der Waals surface area (Å²) >= 11 is 0. The standard InChI is InChI=1S/C17H23N3O2S/c21-23(22)16-6-2-1-5-15(16)17(18-23)20-11-7-14(8-12-20)13-19-9-3-4-10-19/h1-2,5-6,14H,3-4,7-13H2.